The minimum Gasteiger partial charge on any atom is -0.481 e. The van der Waals surface area contributed by atoms with E-state index in [-0.39, 0.29) is 29.4 Å². The van der Waals surface area contributed by atoms with E-state index in [0.717, 1.165) is 115 Å². The van der Waals surface area contributed by atoms with E-state index in [0.29, 0.717) is 55.5 Å². The quantitative estimate of drug-likeness (QED) is 0.104. The highest BCUT2D eigenvalue weighted by Crippen LogP contribution is 2.45. The summed E-state index contributed by atoms with van der Waals surface area (Å²) in [6.45, 7) is 17.0. The van der Waals surface area contributed by atoms with Gasteiger partial charge in [0.15, 0.2) is 10.3 Å². The lowest BCUT2D eigenvalue weighted by Gasteiger charge is -2.47. The molecule has 0 unspecified atom stereocenters. The van der Waals surface area contributed by atoms with E-state index in [4.69, 9.17) is 25.3 Å². The molecule has 3 N–H and O–H groups in total. The molecule has 81 heavy (non-hydrogen) atoms. The first-order valence-corrected chi connectivity index (χ1v) is 28.7. The van der Waals surface area contributed by atoms with Crippen LogP contribution in [-0.4, -0.2) is 129 Å². The van der Waals surface area contributed by atoms with E-state index >= 15 is 0 Å². The van der Waals surface area contributed by atoms with Gasteiger partial charge in [-0.2, -0.15) is 20.7 Å². The van der Waals surface area contributed by atoms with Gasteiger partial charge in [0.2, 0.25) is 5.91 Å². The number of likely N-dealkylation sites (tertiary alicyclic amines) is 1. The number of nitrogens with one attached hydrogen (secondary N) is 1. The zero-order chi connectivity index (χ0) is 57.5. The summed E-state index contributed by atoms with van der Waals surface area (Å²) in [4.78, 5) is 42.5. The molecule has 2 spiro atoms. The number of benzene rings is 2. The number of rotatable bonds is 12. The van der Waals surface area contributed by atoms with E-state index in [1.807, 2.05) is 39.8 Å². The number of hydrogen-bond donors (Lipinski definition) is 3. The molecule has 4 saturated heterocycles. The number of carbonyl (C=O) groups is 2. The van der Waals surface area contributed by atoms with Crippen molar-refractivity contribution < 1.29 is 28.6 Å². The number of fused-ring (bicyclic) bond motifs is 2. The van der Waals surface area contributed by atoms with E-state index in [1.54, 1.807) is 36.1 Å². The van der Waals surface area contributed by atoms with E-state index in [2.05, 4.69) is 72.3 Å². The minimum absolute atomic E-state index is 0.0741. The lowest BCUT2D eigenvalue weighted by atomic mass is 9.79. The Morgan fingerprint density at radius 1 is 0.691 bits per heavy atom. The number of aryl methyl sites for hydroxylation is 4. The number of aliphatic carboxylic acids is 1. The predicted octanol–water partition coefficient (Wildman–Crippen LogP) is 9.53. The molecular weight excluding hydrogens is 1070 g/mol. The highest BCUT2D eigenvalue weighted by atomic mass is 32.1. The number of hydrogen-bond acceptors (Lipinski definition) is 16. The number of aliphatic hydroxyl groups is 1. The molecule has 0 aliphatic carbocycles. The topological polar surface area (TPSA) is 211 Å². The van der Waals surface area contributed by atoms with Crippen molar-refractivity contribution in [3.8, 4) is 34.7 Å². The number of carbonyl (C=O) groups excluding carboxylic acids is 1. The third-order valence-electron chi connectivity index (χ3n) is 15.9. The van der Waals surface area contributed by atoms with Gasteiger partial charge in [0, 0.05) is 118 Å². The number of aliphatic hydroxyl groups excluding tert-OH is 1. The summed E-state index contributed by atoms with van der Waals surface area (Å²) in [5.41, 5.74) is 13.3. The molecule has 18 nitrogen and oxygen atoms in total. The van der Waals surface area contributed by atoms with Crippen LogP contribution in [0.5, 0.6) is 0 Å². The molecule has 6 aromatic heterocycles. The summed E-state index contributed by atoms with van der Waals surface area (Å²) in [7, 11) is 3.93. The zero-order valence-electron chi connectivity index (χ0n) is 46.4. The second-order valence-electron chi connectivity index (χ2n) is 21.4. The Bertz CT molecular complexity index is 3760. The van der Waals surface area contributed by atoms with Gasteiger partial charge >= 0.3 is 5.97 Å². The second-order valence-corrected chi connectivity index (χ2v) is 23.4. The molecule has 1 amide bonds. The van der Waals surface area contributed by atoms with Gasteiger partial charge in [-0.05, 0) is 112 Å². The summed E-state index contributed by atoms with van der Waals surface area (Å²) in [6.07, 6.45) is 3.94. The maximum absolute atomic E-state index is 13.5. The van der Waals surface area contributed by atoms with E-state index in [9.17, 15) is 34.0 Å². The molecule has 4 aliphatic heterocycles. The van der Waals surface area contributed by atoms with Crippen LogP contribution in [0, 0.1) is 59.0 Å². The highest BCUT2D eigenvalue weighted by molar-refractivity contribution is 7.17. The van der Waals surface area contributed by atoms with Gasteiger partial charge in [-0.25, -0.2) is 27.8 Å². The lowest BCUT2D eigenvalue weighted by Crippen LogP contribution is -2.60. The van der Waals surface area contributed by atoms with Crippen molar-refractivity contribution in [2.75, 3.05) is 92.7 Å². The highest BCUT2D eigenvalue weighted by Gasteiger charge is 2.49. The van der Waals surface area contributed by atoms with Gasteiger partial charge in [-0.1, -0.05) is 43.4 Å². The third-order valence-corrected chi connectivity index (χ3v) is 18.0. The van der Waals surface area contributed by atoms with Crippen molar-refractivity contribution in [1.29, 1.82) is 10.5 Å². The Kier molecular flexibility index (Phi) is 15.9. The van der Waals surface area contributed by atoms with Crippen molar-refractivity contribution in [2.24, 2.45) is 10.8 Å². The first-order valence-electron chi connectivity index (χ1n) is 27.1. The SMILES string of the molecule is CCC(=O)O.CCc1nn2c(C)cc(N3CCC4(CN(C(=O)CO)C4)C3)cc2c1N(C)c1nc(-c2ccc(F)cc2)c(C#N)s1.CCc1nn2c(C)cc(N3CCC4(CNC4)C3)cc2c1N(C)c1nc(-c2ccc(F)cc2)c(C#N)s1. The molecule has 22 heteroatoms. The molecule has 4 fully saturated rings. The van der Waals surface area contributed by atoms with Gasteiger partial charge in [0.25, 0.3) is 0 Å². The number of thiazole rings is 2. The predicted molar refractivity (Wildman–Crippen MR) is 312 cm³/mol. The number of carboxylic acid groups (broad SMARTS) is 1. The molecule has 0 atom stereocenters. The Morgan fingerprint density at radius 3 is 1.47 bits per heavy atom. The molecule has 8 aromatic rings. The van der Waals surface area contributed by atoms with Crippen LogP contribution >= 0.6 is 22.7 Å². The van der Waals surface area contributed by atoms with Gasteiger partial charge in [-0.15, -0.1) is 0 Å². The molecular formula is C59H64F2N14O4S2. The third kappa shape index (κ3) is 10.9. The standard InChI is InChI=1S/C29H30FN7O2S.C27H28FN7S.C3H6O2/c1-4-22-27(34(3)28-32-26(24(13-31)40-28)19-5-7-20(30)8-6-19)23-12-21(11-18(2)37(23)33-22)35-10-9-29(15-35)16-36(17-29)25(39)14-38;1-4-21-25(33(3)26-31-24(23(13-29)36-26)18-5-7-19(28)8-6-18)22-12-20(11-17(2)35(22)32-21)34-10-9-27(16-34)14-30-15-27;1-2-3(4)5/h5-8,11-12,38H,4,9-10,14-17H2,1-3H3;5-8,11-12,30H,4,9-10,14-16H2,1-3H3;2H2,1H3,(H,4,5). The fourth-order valence-corrected chi connectivity index (χ4v) is 13.2. The van der Waals surface area contributed by atoms with Crippen LogP contribution < -0.4 is 24.9 Å². The van der Waals surface area contributed by atoms with Crippen molar-refractivity contribution in [1.82, 2.24) is 39.4 Å². The number of halogens is 2. The maximum Gasteiger partial charge on any atom is 0.303 e. The molecule has 2 aromatic carbocycles. The summed E-state index contributed by atoms with van der Waals surface area (Å²) >= 11 is 2.65. The number of amides is 1. The van der Waals surface area contributed by atoms with Crippen molar-refractivity contribution in [2.45, 2.75) is 66.7 Å². The normalized spacial score (nSPS) is 15.7. The smallest absolute Gasteiger partial charge is 0.303 e. The number of nitriles is 2. The Morgan fingerprint density at radius 2 is 1.11 bits per heavy atom. The minimum atomic E-state index is -0.745. The summed E-state index contributed by atoms with van der Waals surface area (Å²) < 4.78 is 31.0. The number of anilines is 6. The largest absolute Gasteiger partial charge is 0.481 e. The molecule has 0 radical (unpaired) electrons. The molecule has 4 aliphatic rings. The van der Waals surface area contributed by atoms with Gasteiger partial charge in [-0.3, -0.25) is 9.59 Å². The average molecular weight is 1140 g/mol. The monoisotopic (exact) mass is 1130 g/mol. The van der Waals surface area contributed by atoms with Gasteiger partial charge in [0.05, 0.1) is 33.8 Å². The van der Waals surface area contributed by atoms with Crippen LogP contribution in [0.2, 0.25) is 0 Å². The Labute approximate surface area is 476 Å². The molecule has 420 valence electrons. The van der Waals surface area contributed by atoms with Gasteiger partial charge < -0.3 is 40.0 Å². The van der Waals surface area contributed by atoms with E-state index in [1.165, 1.54) is 59.0 Å². The fourth-order valence-electron chi connectivity index (χ4n) is 11.5. The Hall–Kier alpha value is -8.02. The zero-order valence-corrected chi connectivity index (χ0v) is 48.1. The summed E-state index contributed by atoms with van der Waals surface area (Å²) in [6, 6.07) is 25.5. The van der Waals surface area contributed by atoms with Crippen LogP contribution in [0.1, 0.15) is 72.6 Å². The molecule has 0 saturated carbocycles. The van der Waals surface area contributed by atoms with Crippen molar-refractivity contribution >= 4 is 78.6 Å². The number of pyridine rings is 2. The first kappa shape index (κ1) is 56.3. The Balaban J connectivity index is 0.000000169. The fraction of sp³-hybridized carbons (Fsp3) is 0.390. The number of nitrogens with zero attached hydrogens (tertiary/aromatic N) is 13. The van der Waals surface area contributed by atoms with Crippen LogP contribution in [-0.2, 0) is 22.4 Å². The maximum atomic E-state index is 13.5. The van der Waals surface area contributed by atoms with Crippen molar-refractivity contribution in [3.63, 3.8) is 0 Å². The number of aromatic nitrogens is 6. The molecule has 12 rings (SSSR count). The molecule has 0 bridgehead atoms. The van der Waals surface area contributed by atoms with Crippen LogP contribution in [0.4, 0.5) is 41.8 Å². The van der Waals surface area contributed by atoms with Crippen LogP contribution in [0.15, 0.2) is 72.8 Å². The second kappa shape index (κ2) is 22.8. The molecule has 10 heterocycles. The van der Waals surface area contributed by atoms with Crippen LogP contribution in [0.3, 0.4) is 0 Å². The van der Waals surface area contributed by atoms with Gasteiger partial charge in [0.1, 0.15) is 51.5 Å². The van der Waals surface area contributed by atoms with E-state index < -0.39 is 12.6 Å². The summed E-state index contributed by atoms with van der Waals surface area (Å²) in [5.74, 6) is -1.60. The van der Waals surface area contributed by atoms with Crippen LogP contribution in [0.25, 0.3) is 33.5 Å². The van der Waals surface area contributed by atoms with Crippen molar-refractivity contribution in [3.05, 3.63) is 117 Å². The summed E-state index contributed by atoms with van der Waals surface area (Å²) in [5, 5.41) is 51.2. The first-order chi connectivity index (χ1) is 38.9. The number of carboxylic acids is 1. The average Bonchev–Trinajstić information content (AvgIpc) is 4.53. The lowest BCUT2D eigenvalue weighted by molar-refractivity contribution is -0.145.